The van der Waals surface area contributed by atoms with E-state index in [1.807, 2.05) is 18.8 Å². The van der Waals surface area contributed by atoms with Crippen LogP contribution in [0.25, 0.3) is 0 Å². The lowest BCUT2D eigenvalue weighted by Gasteiger charge is -2.31. The minimum absolute atomic E-state index is 0.180. The third kappa shape index (κ3) is 2.90. The molecule has 0 radical (unpaired) electrons. The van der Waals surface area contributed by atoms with Gasteiger partial charge in [0, 0.05) is 42.4 Å². The molecule has 2 heterocycles. The van der Waals surface area contributed by atoms with Crippen LogP contribution in [0.15, 0.2) is 12.3 Å². The third-order valence-corrected chi connectivity index (χ3v) is 4.00. The molecule has 1 unspecified atom stereocenters. The normalized spacial score (nSPS) is 20.6. The average Bonchev–Trinajstić information content (AvgIpc) is 2.32. The van der Waals surface area contributed by atoms with Gasteiger partial charge < -0.3 is 10.2 Å². The van der Waals surface area contributed by atoms with Crippen molar-refractivity contribution in [3.05, 3.63) is 23.6 Å². The predicted molar refractivity (Wildman–Crippen MR) is 71.1 cm³/mol. The van der Waals surface area contributed by atoms with Crippen molar-refractivity contribution in [1.29, 1.82) is 0 Å². The van der Waals surface area contributed by atoms with Crippen LogP contribution in [0, 0.1) is 5.82 Å². The van der Waals surface area contributed by atoms with Crippen LogP contribution in [-0.2, 0) is 6.54 Å². The molecule has 17 heavy (non-hydrogen) atoms. The van der Waals surface area contributed by atoms with E-state index in [1.54, 1.807) is 12.3 Å². The summed E-state index contributed by atoms with van der Waals surface area (Å²) in [5.41, 5.74) is 0.684. The zero-order chi connectivity index (χ0) is 12.3. The molecule has 94 valence electrons. The Balaban J connectivity index is 2.22. The van der Waals surface area contributed by atoms with Crippen LogP contribution >= 0.6 is 11.8 Å². The van der Waals surface area contributed by atoms with Crippen molar-refractivity contribution < 1.29 is 4.39 Å². The zero-order valence-electron chi connectivity index (χ0n) is 10.2. The van der Waals surface area contributed by atoms with Gasteiger partial charge in [-0.3, -0.25) is 0 Å². The molecule has 1 aromatic rings. The molecule has 0 saturated carbocycles. The maximum atomic E-state index is 14.2. The Hall–Kier alpha value is -0.810. The molecule has 0 aromatic carbocycles. The van der Waals surface area contributed by atoms with Gasteiger partial charge in [-0.1, -0.05) is 6.92 Å². The monoisotopic (exact) mass is 255 g/mol. The molecule has 1 aliphatic heterocycles. The minimum atomic E-state index is -0.180. The standard InChI is InChI=1S/C12H18FN3S/c1-9-8-16(5-6-17-9)12-11(13)10(7-14-2)3-4-15-12/h3-4,9,14H,5-8H2,1-2H3. The van der Waals surface area contributed by atoms with Crippen LogP contribution in [0.5, 0.6) is 0 Å². The summed E-state index contributed by atoms with van der Waals surface area (Å²) in [6.07, 6.45) is 1.69. The van der Waals surface area contributed by atoms with Crippen molar-refractivity contribution in [3.63, 3.8) is 0 Å². The van der Waals surface area contributed by atoms with Gasteiger partial charge in [0.05, 0.1) is 0 Å². The molecular formula is C12H18FN3S. The highest BCUT2D eigenvalue weighted by molar-refractivity contribution is 8.00. The van der Waals surface area contributed by atoms with E-state index < -0.39 is 0 Å². The first-order chi connectivity index (χ1) is 8.22. The van der Waals surface area contributed by atoms with Crippen LogP contribution in [-0.4, -0.2) is 36.1 Å². The zero-order valence-corrected chi connectivity index (χ0v) is 11.1. The summed E-state index contributed by atoms with van der Waals surface area (Å²) in [7, 11) is 1.82. The van der Waals surface area contributed by atoms with Crippen LogP contribution in [0.1, 0.15) is 12.5 Å². The van der Waals surface area contributed by atoms with Gasteiger partial charge in [0.2, 0.25) is 0 Å². The second kappa shape index (κ2) is 5.69. The first-order valence-corrected chi connectivity index (χ1v) is 6.91. The maximum absolute atomic E-state index is 14.2. The van der Waals surface area contributed by atoms with Crippen molar-refractivity contribution in [1.82, 2.24) is 10.3 Å². The lowest BCUT2D eigenvalue weighted by Crippen LogP contribution is -2.37. The Labute approximate surface area is 106 Å². The largest absolute Gasteiger partial charge is 0.352 e. The second-order valence-electron chi connectivity index (χ2n) is 4.27. The number of pyridine rings is 1. The predicted octanol–water partition coefficient (Wildman–Crippen LogP) is 1.88. The average molecular weight is 255 g/mol. The number of rotatable bonds is 3. The summed E-state index contributed by atoms with van der Waals surface area (Å²) >= 11 is 1.93. The third-order valence-electron chi connectivity index (χ3n) is 2.86. The summed E-state index contributed by atoms with van der Waals surface area (Å²) in [5.74, 6) is 1.37. The first kappa shape index (κ1) is 12.6. The van der Waals surface area contributed by atoms with Gasteiger partial charge in [0.25, 0.3) is 0 Å². The molecule has 1 aromatic heterocycles. The van der Waals surface area contributed by atoms with E-state index in [4.69, 9.17) is 0 Å². The highest BCUT2D eigenvalue weighted by Gasteiger charge is 2.21. The van der Waals surface area contributed by atoms with Crippen LogP contribution in [0.3, 0.4) is 0 Å². The Kier molecular flexibility index (Phi) is 4.23. The van der Waals surface area contributed by atoms with E-state index >= 15 is 0 Å². The quantitative estimate of drug-likeness (QED) is 0.892. The van der Waals surface area contributed by atoms with Gasteiger partial charge in [-0.2, -0.15) is 11.8 Å². The Morgan fingerprint density at radius 3 is 3.18 bits per heavy atom. The molecule has 2 rings (SSSR count). The molecule has 0 spiro atoms. The molecule has 1 saturated heterocycles. The molecule has 1 atom stereocenters. The van der Waals surface area contributed by atoms with Gasteiger partial charge in [-0.05, 0) is 13.1 Å². The van der Waals surface area contributed by atoms with E-state index in [9.17, 15) is 4.39 Å². The highest BCUT2D eigenvalue weighted by atomic mass is 32.2. The van der Waals surface area contributed by atoms with E-state index in [1.165, 1.54) is 0 Å². The van der Waals surface area contributed by atoms with Crippen molar-refractivity contribution in [2.24, 2.45) is 0 Å². The molecule has 1 fully saturated rings. The van der Waals surface area contributed by atoms with E-state index in [0.29, 0.717) is 23.2 Å². The number of nitrogens with one attached hydrogen (secondary N) is 1. The number of hydrogen-bond donors (Lipinski definition) is 1. The molecule has 5 heteroatoms. The fourth-order valence-corrected chi connectivity index (χ4v) is 3.04. The molecule has 0 bridgehead atoms. The van der Waals surface area contributed by atoms with Gasteiger partial charge in [0.1, 0.15) is 0 Å². The van der Waals surface area contributed by atoms with Crippen molar-refractivity contribution >= 4 is 17.6 Å². The molecular weight excluding hydrogens is 237 g/mol. The number of halogens is 1. The highest BCUT2D eigenvalue weighted by Crippen LogP contribution is 2.25. The summed E-state index contributed by atoms with van der Waals surface area (Å²) in [6, 6.07) is 1.73. The second-order valence-corrected chi connectivity index (χ2v) is 5.81. The minimum Gasteiger partial charge on any atom is -0.352 e. The Morgan fingerprint density at radius 2 is 2.47 bits per heavy atom. The van der Waals surface area contributed by atoms with Crippen LogP contribution < -0.4 is 10.2 Å². The Morgan fingerprint density at radius 1 is 1.65 bits per heavy atom. The van der Waals surface area contributed by atoms with E-state index in [0.717, 1.165) is 18.8 Å². The summed E-state index contributed by atoms with van der Waals surface area (Å²) in [4.78, 5) is 6.24. The lowest BCUT2D eigenvalue weighted by molar-refractivity contribution is 0.584. The Bertz CT molecular complexity index is 386. The van der Waals surface area contributed by atoms with Crippen molar-refractivity contribution in [3.8, 4) is 0 Å². The fourth-order valence-electron chi connectivity index (χ4n) is 2.03. The van der Waals surface area contributed by atoms with Gasteiger partial charge >= 0.3 is 0 Å². The number of aromatic nitrogens is 1. The number of thioether (sulfide) groups is 1. The smallest absolute Gasteiger partial charge is 0.170 e. The van der Waals surface area contributed by atoms with E-state index in [-0.39, 0.29) is 5.82 Å². The van der Waals surface area contributed by atoms with Crippen molar-refractivity contribution in [2.75, 3.05) is 30.8 Å². The molecule has 0 aliphatic carbocycles. The topological polar surface area (TPSA) is 28.2 Å². The summed E-state index contributed by atoms with van der Waals surface area (Å²) < 4.78 is 14.2. The van der Waals surface area contributed by atoms with Gasteiger partial charge in [-0.15, -0.1) is 0 Å². The fraction of sp³-hybridized carbons (Fsp3) is 0.583. The number of hydrogen-bond acceptors (Lipinski definition) is 4. The maximum Gasteiger partial charge on any atom is 0.170 e. The van der Waals surface area contributed by atoms with E-state index in [2.05, 4.69) is 22.1 Å². The molecule has 0 amide bonds. The molecule has 1 N–H and O–H groups in total. The van der Waals surface area contributed by atoms with Gasteiger partial charge in [-0.25, -0.2) is 9.37 Å². The van der Waals surface area contributed by atoms with Gasteiger partial charge in [0.15, 0.2) is 11.6 Å². The van der Waals surface area contributed by atoms with Crippen LogP contribution in [0.4, 0.5) is 10.2 Å². The lowest BCUT2D eigenvalue weighted by atomic mass is 10.2. The van der Waals surface area contributed by atoms with Crippen LogP contribution in [0.2, 0.25) is 0 Å². The molecule has 1 aliphatic rings. The summed E-state index contributed by atoms with van der Waals surface area (Å²) in [5, 5.41) is 3.51. The molecule has 3 nitrogen and oxygen atoms in total. The SMILES string of the molecule is CNCc1ccnc(N2CCSC(C)C2)c1F. The first-order valence-electron chi connectivity index (χ1n) is 5.87. The number of nitrogens with zero attached hydrogens (tertiary/aromatic N) is 2. The summed E-state index contributed by atoms with van der Waals surface area (Å²) in [6.45, 7) is 4.46. The number of anilines is 1. The van der Waals surface area contributed by atoms with Crippen molar-refractivity contribution in [2.45, 2.75) is 18.7 Å².